The van der Waals surface area contributed by atoms with Gasteiger partial charge in [-0.25, -0.2) is 0 Å². The van der Waals surface area contributed by atoms with Crippen LogP contribution in [0.15, 0.2) is 47.1 Å². The van der Waals surface area contributed by atoms with Crippen molar-refractivity contribution < 1.29 is 9.90 Å². The van der Waals surface area contributed by atoms with E-state index in [1.807, 2.05) is 6.08 Å². The van der Waals surface area contributed by atoms with Gasteiger partial charge in [-0.1, -0.05) is 24.6 Å². The van der Waals surface area contributed by atoms with Gasteiger partial charge in [0.2, 0.25) is 0 Å². The molecule has 0 bridgehead atoms. The van der Waals surface area contributed by atoms with Gasteiger partial charge in [-0.15, -0.1) is 0 Å². The molecule has 5 unspecified atom stereocenters. The Hall–Kier alpha value is -1.87. The molecule has 3 heteroatoms. The van der Waals surface area contributed by atoms with Gasteiger partial charge < -0.3 is 10.0 Å². The minimum absolute atomic E-state index is 0.0866. The topological polar surface area (TPSA) is 40.5 Å². The molecule has 2 fully saturated rings. The van der Waals surface area contributed by atoms with Crippen molar-refractivity contribution in [3.05, 3.63) is 52.6 Å². The molecular weight excluding hydrogens is 358 g/mol. The first-order valence-corrected chi connectivity index (χ1v) is 11.3. The fourth-order valence-corrected chi connectivity index (χ4v) is 6.89. The highest BCUT2D eigenvalue weighted by Crippen LogP contribution is 2.61. The van der Waals surface area contributed by atoms with Crippen molar-refractivity contribution in [2.75, 3.05) is 19.0 Å². The van der Waals surface area contributed by atoms with Crippen molar-refractivity contribution in [1.82, 2.24) is 0 Å². The summed E-state index contributed by atoms with van der Waals surface area (Å²) in [6, 6.07) is 8.79. The molecule has 0 spiro atoms. The molecule has 1 aromatic carbocycles. The lowest BCUT2D eigenvalue weighted by molar-refractivity contribution is -0.115. The van der Waals surface area contributed by atoms with Crippen LogP contribution in [0.1, 0.15) is 63.4 Å². The first kappa shape index (κ1) is 19.1. The molecule has 154 valence electrons. The van der Waals surface area contributed by atoms with Crippen LogP contribution in [0.3, 0.4) is 0 Å². The fraction of sp³-hybridized carbons (Fsp3) is 0.577. The standard InChI is InChI=1S/C26H33NO2/c1-26-13-12-21-20(23(26)10-11-24(26)29)9-6-17-14-19(28)15-22(25(17)21)16-4-7-18(8-5-16)27(2)3/h4-5,7-8,14,20,22-24,29H,6,9-13,15H2,1-3H3. The van der Waals surface area contributed by atoms with E-state index in [-0.39, 0.29) is 23.2 Å². The van der Waals surface area contributed by atoms with E-state index in [1.54, 1.807) is 5.57 Å². The minimum atomic E-state index is -0.140. The number of rotatable bonds is 2. The quantitative estimate of drug-likeness (QED) is 0.770. The number of hydrogen-bond acceptors (Lipinski definition) is 3. The van der Waals surface area contributed by atoms with Gasteiger partial charge in [0.05, 0.1) is 6.10 Å². The van der Waals surface area contributed by atoms with Crippen LogP contribution in [0.5, 0.6) is 0 Å². The molecular formula is C26H33NO2. The number of carbonyl (C=O) groups excluding carboxylic acids is 1. The molecule has 0 radical (unpaired) electrons. The lowest BCUT2D eigenvalue weighted by Gasteiger charge is -2.49. The molecule has 1 N–H and O–H groups in total. The minimum Gasteiger partial charge on any atom is -0.393 e. The molecule has 0 amide bonds. The predicted molar refractivity (Wildman–Crippen MR) is 117 cm³/mol. The average molecular weight is 392 g/mol. The summed E-state index contributed by atoms with van der Waals surface area (Å²) >= 11 is 0. The second-order valence-corrected chi connectivity index (χ2v) is 10.2. The molecule has 0 heterocycles. The SMILES string of the molecule is CN(C)c1ccc(C2CC(=O)C=C3CCC4C(=C32)CCC2(C)C(O)CCC42)cc1. The van der Waals surface area contributed by atoms with E-state index in [0.29, 0.717) is 18.3 Å². The fourth-order valence-electron chi connectivity index (χ4n) is 6.89. The van der Waals surface area contributed by atoms with Gasteiger partial charge in [-0.3, -0.25) is 4.79 Å². The third kappa shape index (κ3) is 2.92. The molecule has 0 aromatic heterocycles. The van der Waals surface area contributed by atoms with E-state index < -0.39 is 0 Å². The van der Waals surface area contributed by atoms with Crippen LogP contribution in [0.2, 0.25) is 0 Å². The monoisotopic (exact) mass is 391 g/mol. The van der Waals surface area contributed by atoms with Gasteiger partial charge in [0.1, 0.15) is 0 Å². The molecule has 3 nitrogen and oxygen atoms in total. The summed E-state index contributed by atoms with van der Waals surface area (Å²) in [4.78, 5) is 14.7. The maximum atomic E-state index is 12.6. The Labute approximate surface area is 174 Å². The lowest BCUT2D eigenvalue weighted by Crippen LogP contribution is -2.42. The number of aliphatic hydroxyl groups excluding tert-OH is 1. The molecule has 29 heavy (non-hydrogen) atoms. The molecule has 0 saturated heterocycles. The van der Waals surface area contributed by atoms with E-state index >= 15 is 0 Å². The van der Waals surface area contributed by atoms with E-state index in [2.05, 4.69) is 50.2 Å². The number of hydrogen-bond donors (Lipinski definition) is 1. The van der Waals surface area contributed by atoms with E-state index in [1.165, 1.54) is 22.4 Å². The van der Waals surface area contributed by atoms with Gasteiger partial charge in [-0.2, -0.15) is 0 Å². The molecule has 5 atom stereocenters. The van der Waals surface area contributed by atoms with Crippen LogP contribution in [0.25, 0.3) is 0 Å². The van der Waals surface area contributed by atoms with Gasteiger partial charge in [0, 0.05) is 32.1 Å². The first-order valence-electron chi connectivity index (χ1n) is 11.3. The Balaban J connectivity index is 1.57. The van der Waals surface area contributed by atoms with Crippen LogP contribution in [0, 0.1) is 17.3 Å². The maximum Gasteiger partial charge on any atom is 0.156 e. The summed E-state index contributed by atoms with van der Waals surface area (Å²) < 4.78 is 0. The number of fused-ring (bicyclic) bond motifs is 4. The summed E-state index contributed by atoms with van der Waals surface area (Å²) in [6.45, 7) is 2.32. The largest absolute Gasteiger partial charge is 0.393 e. The third-order valence-corrected chi connectivity index (χ3v) is 8.54. The number of aliphatic hydroxyl groups is 1. The average Bonchev–Trinajstić information content (AvgIpc) is 3.02. The van der Waals surface area contributed by atoms with E-state index in [0.717, 1.165) is 38.5 Å². The number of anilines is 1. The number of allylic oxidation sites excluding steroid dienone is 4. The highest BCUT2D eigenvalue weighted by atomic mass is 16.3. The van der Waals surface area contributed by atoms with Crippen molar-refractivity contribution >= 4 is 11.5 Å². The van der Waals surface area contributed by atoms with Gasteiger partial charge >= 0.3 is 0 Å². The summed E-state index contributed by atoms with van der Waals surface area (Å²) in [6.07, 6.45) is 8.85. The van der Waals surface area contributed by atoms with Crippen molar-refractivity contribution in [3.8, 4) is 0 Å². The van der Waals surface area contributed by atoms with E-state index in [4.69, 9.17) is 0 Å². The van der Waals surface area contributed by atoms with Gasteiger partial charge in [0.15, 0.2) is 5.78 Å². The normalized spacial score (nSPS) is 36.3. The Kier molecular flexibility index (Phi) is 4.51. The van der Waals surface area contributed by atoms with Crippen LogP contribution in [0.4, 0.5) is 5.69 Å². The molecule has 2 saturated carbocycles. The molecule has 4 aliphatic carbocycles. The summed E-state index contributed by atoms with van der Waals surface area (Å²) in [7, 11) is 4.12. The number of ketones is 1. The highest BCUT2D eigenvalue weighted by Gasteiger charge is 2.53. The smallest absolute Gasteiger partial charge is 0.156 e. The lowest BCUT2D eigenvalue weighted by atomic mass is 9.56. The highest BCUT2D eigenvalue weighted by molar-refractivity contribution is 5.94. The van der Waals surface area contributed by atoms with Crippen molar-refractivity contribution in [3.63, 3.8) is 0 Å². The Bertz CT molecular complexity index is 894. The van der Waals surface area contributed by atoms with Gasteiger partial charge in [-0.05, 0) is 90.7 Å². The molecule has 5 rings (SSSR count). The Morgan fingerprint density at radius 1 is 1.07 bits per heavy atom. The van der Waals surface area contributed by atoms with Crippen molar-refractivity contribution in [2.45, 2.75) is 63.9 Å². The van der Waals surface area contributed by atoms with Crippen LogP contribution < -0.4 is 4.90 Å². The summed E-state index contributed by atoms with van der Waals surface area (Å²) in [5.74, 6) is 1.67. The maximum absolute atomic E-state index is 12.6. The molecule has 4 aliphatic rings. The zero-order valence-electron chi connectivity index (χ0n) is 17.9. The third-order valence-electron chi connectivity index (χ3n) is 8.54. The van der Waals surface area contributed by atoms with E-state index in [9.17, 15) is 9.90 Å². The second-order valence-electron chi connectivity index (χ2n) is 10.2. The van der Waals surface area contributed by atoms with Crippen molar-refractivity contribution in [2.24, 2.45) is 17.3 Å². The van der Waals surface area contributed by atoms with Crippen molar-refractivity contribution in [1.29, 1.82) is 0 Å². The number of nitrogens with zero attached hydrogens (tertiary/aromatic N) is 1. The zero-order valence-corrected chi connectivity index (χ0v) is 17.9. The molecule has 1 aromatic rings. The van der Waals surface area contributed by atoms with Gasteiger partial charge in [0.25, 0.3) is 0 Å². The number of carbonyl (C=O) groups is 1. The Morgan fingerprint density at radius 3 is 2.55 bits per heavy atom. The summed E-state index contributed by atoms with van der Waals surface area (Å²) in [5, 5.41) is 10.7. The first-order chi connectivity index (χ1) is 13.9. The second kappa shape index (κ2) is 6.84. The van der Waals surface area contributed by atoms with Crippen LogP contribution >= 0.6 is 0 Å². The number of benzene rings is 1. The van der Waals surface area contributed by atoms with Crippen LogP contribution in [-0.4, -0.2) is 31.1 Å². The van der Waals surface area contributed by atoms with Crippen LogP contribution in [-0.2, 0) is 4.79 Å². The Morgan fingerprint density at radius 2 is 1.83 bits per heavy atom. The molecule has 0 aliphatic heterocycles. The summed E-state index contributed by atoms with van der Waals surface area (Å²) in [5.41, 5.74) is 6.96. The zero-order chi connectivity index (χ0) is 20.3. The predicted octanol–water partition coefficient (Wildman–Crippen LogP) is 5.01.